The maximum atomic E-state index is 13.1. The third-order valence-electron chi connectivity index (χ3n) is 2.81. The van der Waals surface area contributed by atoms with E-state index < -0.39 is 17.6 Å². The van der Waals surface area contributed by atoms with Gasteiger partial charge in [0.05, 0.1) is 16.7 Å². The second kappa shape index (κ2) is 5.00. The molecule has 2 nitrogen and oxygen atoms in total. The first-order valence-corrected chi connectivity index (χ1v) is 5.96. The summed E-state index contributed by atoms with van der Waals surface area (Å²) >= 11 is 5.83. The van der Waals surface area contributed by atoms with Crippen molar-refractivity contribution in [2.24, 2.45) is 5.16 Å². The highest BCUT2D eigenvalue weighted by Crippen LogP contribution is 2.33. The number of hydrogen-bond acceptors (Lipinski definition) is 2. The van der Waals surface area contributed by atoms with Crippen molar-refractivity contribution in [2.45, 2.75) is 31.0 Å². The zero-order chi connectivity index (χ0) is 14.2. The number of rotatable bonds is 2. The molecule has 1 aliphatic heterocycles. The lowest BCUT2D eigenvalue weighted by Gasteiger charge is -2.10. The lowest BCUT2D eigenvalue weighted by atomic mass is 10.0. The Morgan fingerprint density at radius 2 is 2.11 bits per heavy atom. The predicted molar refractivity (Wildman–Crippen MR) is 62.7 cm³/mol. The number of benzene rings is 1. The van der Waals surface area contributed by atoms with E-state index >= 15 is 0 Å². The van der Waals surface area contributed by atoms with Crippen LogP contribution in [0.1, 0.15) is 24.5 Å². The molecule has 104 valence electrons. The highest BCUT2D eigenvalue weighted by atomic mass is 35.5. The van der Waals surface area contributed by atoms with E-state index in [0.717, 1.165) is 12.1 Å². The van der Waals surface area contributed by atoms with Gasteiger partial charge in [-0.05, 0) is 19.1 Å². The molecule has 0 N–H and O–H groups in total. The van der Waals surface area contributed by atoms with Gasteiger partial charge in [0, 0.05) is 12.0 Å². The van der Waals surface area contributed by atoms with Gasteiger partial charge in [0.25, 0.3) is 0 Å². The lowest BCUT2D eigenvalue weighted by molar-refractivity contribution is -0.140. The number of oxime groups is 1. The molecule has 1 aromatic rings. The van der Waals surface area contributed by atoms with Crippen LogP contribution in [0.2, 0.25) is 0 Å². The van der Waals surface area contributed by atoms with Crippen LogP contribution < -0.4 is 0 Å². The Kier molecular flexibility index (Phi) is 3.71. The fraction of sp³-hybridized carbons (Fsp3) is 0.417. The summed E-state index contributed by atoms with van der Waals surface area (Å²) in [6.07, 6.45) is -4.82. The molecule has 1 heterocycles. The van der Waals surface area contributed by atoms with Crippen LogP contribution in [0.5, 0.6) is 0 Å². The van der Waals surface area contributed by atoms with E-state index in [0.29, 0.717) is 12.1 Å². The van der Waals surface area contributed by atoms with E-state index in [1.165, 1.54) is 6.07 Å². The first kappa shape index (κ1) is 14.1. The predicted octanol–water partition coefficient (Wildman–Crippen LogP) is 3.96. The second-order valence-electron chi connectivity index (χ2n) is 4.26. The molecule has 1 aromatic carbocycles. The molecule has 1 aliphatic rings. The summed E-state index contributed by atoms with van der Waals surface area (Å²) in [5.74, 6) is -1.31. The van der Waals surface area contributed by atoms with Gasteiger partial charge < -0.3 is 4.84 Å². The van der Waals surface area contributed by atoms with Crippen LogP contribution in [0.3, 0.4) is 0 Å². The van der Waals surface area contributed by atoms with Crippen molar-refractivity contribution in [2.75, 3.05) is 0 Å². The van der Waals surface area contributed by atoms with Crippen LogP contribution in [0.25, 0.3) is 0 Å². The summed E-state index contributed by atoms with van der Waals surface area (Å²) in [7, 11) is 0. The van der Waals surface area contributed by atoms with Gasteiger partial charge in [-0.2, -0.15) is 13.2 Å². The zero-order valence-corrected chi connectivity index (χ0v) is 10.6. The van der Waals surface area contributed by atoms with Gasteiger partial charge in [0.15, 0.2) is 0 Å². The Morgan fingerprint density at radius 1 is 1.42 bits per heavy atom. The SMILES string of the molecule is CC(Cl)C1CC(c2ccc(F)c(C(F)(F)F)c2)=NO1. The molecule has 2 rings (SSSR count). The van der Waals surface area contributed by atoms with Crippen LogP contribution in [-0.4, -0.2) is 17.2 Å². The molecular weight excluding hydrogens is 286 g/mol. The summed E-state index contributed by atoms with van der Waals surface area (Å²) in [5, 5.41) is 3.39. The molecule has 0 amide bonds. The van der Waals surface area contributed by atoms with Crippen molar-refractivity contribution in [3.8, 4) is 0 Å². The third-order valence-corrected chi connectivity index (χ3v) is 3.09. The standard InChI is InChI=1S/C12H10ClF4NO/c1-6(13)11-5-10(18-19-11)7-2-3-9(14)8(4-7)12(15,16)17/h2-4,6,11H,5H2,1H3. The van der Waals surface area contributed by atoms with Gasteiger partial charge in [0.1, 0.15) is 11.9 Å². The number of hydrogen-bond donors (Lipinski definition) is 0. The first-order valence-electron chi connectivity index (χ1n) is 5.53. The fourth-order valence-electron chi connectivity index (χ4n) is 1.74. The molecule has 0 saturated heterocycles. The quantitative estimate of drug-likeness (QED) is 0.598. The van der Waals surface area contributed by atoms with Crippen LogP contribution >= 0.6 is 11.6 Å². The Bertz CT molecular complexity index is 513. The molecular formula is C12H10ClF4NO. The van der Waals surface area contributed by atoms with Crippen LogP contribution in [0.4, 0.5) is 17.6 Å². The van der Waals surface area contributed by atoms with Crippen LogP contribution in [0.15, 0.2) is 23.4 Å². The minimum Gasteiger partial charge on any atom is -0.390 e. The van der Waals surface area contributed by atoms with Gasteiger partial charge in [-0.1, -0.05) is 11.2 Å². The molecule has 2 atom stereocenters. The summed E-state index contributed by atoms with van der Waals surface area (Å²) in [5.41, 5.74) is -0.786. The second-order valence-corrected chi connectivity index (χ2v) is 4.94. The molecule has 2 unspecified atom stereocenters. The molecule has 0 spiro atoms. The van der Waals surface area contributed by atoms with Crippen molar-refractivity contribution >= 4 is 17.3 Å². The maximum Gasteiger partial charge on any atom is 0.419 e. The number of halogens is 5. The van der Waals surface area contributed by atoms with Gasteiger partial charge in [-0.15, -0.1) is 11.6 Å². The van der Waals surface area contributed by atoms with Crippen molar-refractivity contribution in [1.82, 2.24) is 0 Å². The Labute approximate surface area is 112 Å². The molecule has 0 bridgehead atoms. The first-order chi connectivity index (χ1) is 8.79. The average molecular weight is 296 g/mol. The van der Waals surface area contributed by atoms with Gasteiger partial charge in [-0.3, -0.25) is 0 Å². The average Bonchev–Trinajstić information content (AvgIpc) is 2.77. The van der Waals surface area contributed by atoms with E-state index in [1.54, 1.807) is 6.92 Å². The third kappa shape index (κ3) is 3.00. The largest absolute Gasteiger partial charge is 0.419 e. The van der Waals surface area contributed by atoms with Gasteiger partial charge in [0.2, 0.25) is 0 Å². The number of alkyl halides is 4. The topological polar surface area (TPSA) is 21.6 Å². The monoisotopic (exact) mass is 295 g/mol. The minimum absolute atomic E-state index is 0.188. The molecule has 0 saturated carbocycles. The van der Waals surface area contributed by atoms with Gasteiger partial charge >= 0.3 is 6.18 Å². The van der Waals surface area contributed by atoms with Crippen molar-refractivity contribution in [3.05, 3.63) is 35.1 Å². The molecule has 19 heavy (non-hydrogen) atoms. The van der Waals surface area contributed by atoms with Gasteiger partial charge in [-0.25, -0.2) is 4.39 Å². The Hall–Kier alpha value is -1.30. The zero-order valence-electron chi connectivity index (χ0n) is 9.84. The summed E-state index contributed by atoms with van der Waals surface area (Å²) in [4.78, 5) is 5.02. The Morgan fingerprint density at radius 3 is 2.63 bits per heavy atom. The lowest BCUT2D eigenvalue weighted by Crippen LogP contribution is -2.18. The van der Waals surface area contributed by atoms with Crippen LogP contribution in [-0.2, 0) is 11.0 Å². The minimum atomic E-state index is -4.74. The molecule has 7 heteroatoms. The summed E-state index contributed by atoms with van der Waals surface area (Å²) < 4.78 is 50.9. The highest BCUT2D eigenvalue weighted by molar-refractivity contribution is 6.21. The van der Waals surface area contributed by atoms with E-state index in [-0.39, 0.29) is 17.0 Å². The summed E-state index contributed by atoms with van der Waals surface area (Å²) in [6, 6.07) is 2.75. The van der Waals surface area contributed by atoms with E-state index in [2.05, 4.69) is 5.16 Å². The smallest absolute Gasteiger partial charge is 0.390 e. The molecule has 0 aliphatic carbocycles. The fourth-order valence-corrected chi connectivity index (χ4v) is 1.87. The highest BCUT2D eigenvalue weighted by Gasteiger charge is 2.35. The van der Waals surface area contributed by atoms with E-state index in [9.17, 15) is 17.6 Å². The van der Waals surface area contributed by atoms with E-state index in [4.69, 9.17) is 16.4 Å². The number of nitrogens with zero attached hydrogens (tertiary/aromatic N) is 1. The van der Waals surface area contributed by atoms with Crippen molar-refractivity contribution < 1.29 is 22.4 Å². The summed E-state index contributed by atoms with van der Waals surface area (Å²) in [6.45, 7) is 1.70. The Balaban J connectivity index is 2.28. The van der Waals surface area contributed by atoms with E-state index in [1.807, 2.05) is 0 Å². The normalized spacial score (nSPS) is 20.9. The van der Waals surface area contributed by atoms with Crippen molar-refractivity contribution in [1.29, 1.82) is 0 Å². The van der Waals surface area contributed by atoms with Crippen LogP contribution in [0, 0.1) is 5.82 Å². The van der Waals surface area contributed by atoms with Crippen molar-refractivity contribution in [3.63, 3.8) is 0 Å². The molecule has 0 fully saturated rings. The molecule has 0 aromatic heterocycles. The molecule has 0 radical (unpaired) electrons. The maximum absolute atomic E-state index is 13.1.